The van der Waals surface area contributed by atoms with Crippen molar-refractivity contribution in [3.05, 3.63) is 114 Å². The first-order valence-corrected chi connectivity index (χ1v) is 17.2. The van der Waals surface area contributed by atoms with E-state index in [0.717, 1.165) is 21.2 Å². The maximum absolute atomic E-state index is 14.0. The Labute approximate surface area is 288 Å². The Bertz CT molecular complexity index is 1690. The van der Waals surface area contributed by atoms with Crippen LogP contribution in [0.5, 0.6) is 0 Å². The summed E-state index contributed by atoms with van der Waals surface area (Å²) in [4.78, 5) is 41.1. The number of ether oxygens (including phenoxy) is 1. The van der Waals surface area contributed by atoms with Crippen LogP contribution in [0.4, 0.5) is 4.79 Å². The average molecular weight is 670 g/mol. The van der Waals surface area contributed by atoms with Crippen LogP contribution in [0, 0.1) is 0 Å². The predicted molar refractivity (Wildman–Crippen MR) is 193 cm³/mol. The number of benzene rings is 4. The molecule has 9 heteroatoms. The first kappa shape index (κ1) is 36.5. The van der Waals surface area contributed by atoms with E-state index in [1.165, 1.54) is 11.8 Å². The number of aliphatic hydroxyl groups is 1. The van der Waals surface area contributed by atoms with Gasteiger partial charge < -0.3 is 25.8 Å². The van der Waals surface area contributed by atoms with Crippen LogP contribution >= 0.6 is 11.8 Å². The summed E-state index contributed by atoms with van der Waals surface area (Å²) in [6, 6.07) is 29.0. The van der Waals surface area contributed by atoms with Crippen molar-refractivity contribution in [2.24, 2.45) is 0 Å². The highest BCUT2D eigenvalue weighted by Crippen LogP contribution is 2.28. The van der Waals surface area contributed by atoms with Crippen LogP contribution in [0.2, 0.25) is 0 Å². The number of aliphatic hydroxyl groups excluding tert-OH is 1. The molecule has 4 aromatic carbocycles. The highest BCUT2D eigenvalue weighted by molar-refractivity contribution is 7.99. The minimum Gasteiger partial charge on any atom is -0.444 e. The second kappa shape index (κ2) is 16.2. The maximum atomic E-state index is 14.0. The lowest BCUT2D eigenvalue weighted by atomic mass is 9.93. The third kappa shape index (κ3) is 11.1. The van der Waals surface area contributed by atoms with Gasteiger partial charge in [-0.1, -0.05) is 84.9 Å². The smallest absolute Gasteiger partial charge is 0.408 e. The number of rotatable bonds is 12. The molecule has 0 fully saturated rings. The quantitative estimate of drug-likeness (QED) is 0.125. The van der Waals surface area contributed by atoms with Gasteiger partial charge >= 0.3 is 6.09 Å². The van der Waals surface area contributed by atoms with Gasteiger partial charge in [-0.05, 0) is 82.0 Å². The third-order valence-corrected chi connectivity index (χ3v) is 8.60. The van der Waals surface area contributed by atoms with Crippen molar-refractivity contribution >= 4 is 40.4 Å². The zero-order chi connectivity index (χ0) is 34.9. The Hall–Kier alpha value is -4.34. The molecule has 0 radical (unpaired) electrons. The van der Waals surface area contributed by atoms with Crippen LogP contribution < -0.4 is 16.0 Å². The Kier molecular flexibility index (Phi) is 12.3. The summed E-state index contributed by atoms with van der Waals surface area (Å²) in [6.45, 7) is 11.0. The number of hydrogen-bond donors (Lipinski definition) is 4. The molecule has 4 N–H and O–H groups in total. The third-order valence-electron chi connectivity index (χ3n) is 7.43. The first-order valence-electron chi connectivity index (χ1n) is 16.2. The monoisotopic (exact) mass is 669 g/mol. The van der Waals surface area contributed by atoms with Crippen LogP contribution in [-0.2, 0) is 22.4 Å². The molecular formula is C39H47N3O5S. The van der Waals surface area contributed by atoms with Crippen molar-refractivity contribution in [3.63, 3.8) is 0 Å². The summed E-state index contributed by atoms with van der Waals surface area (Å²) >= 11 is 1.46. The molecule has 0 aliphatic heterocycles. The zero-order valence-corrected chi connectivity index (χ0v) is 29.4. The Morgan fingerprint density at radius 2 is 1.42 bits per heavy atom. The van der Waals surface area contributed by atoms with Gasteiger partial charge in [0, 0.05) is 28.2 Å². The molecule has 0 unspecified atom stereocenters. The number of carbonyl (C=O) groups excluding carboxylic acids is 3. The second-order valence-corrected chi connectivity index (χ2v) is 15.0. The number of fused-ring (bicyclic) bond motifs is 1. The minimum atomic E-state index is -1.05. The highest BCUT2D eigenvalue weighted by atomic mass is 32.2. The van der Waals surface area contributed by atoms with Gasteiger partial charge in [-0.25, -0.2) is 4.79 Å². The van der Waals surface area contributed by atoms with E-state index < -0.39 is 41.3 Å². The summed E-state index contributed by atoms with van der Waals surface area (Å²) in [5, 5.41) is 22.6. The molecule has 0 heterocycles. The molecule has 0 aliphatic rings. The van der Waals surface area contributed by atoms with E-state index in [-0.39, 0.29) is 18.1 Å². The molecule has 0 saturated heterocycles. The van der Waals surface area contributed by atoms with Gasteiger partial charge in [0.05, 0.1) is 12.1 Å². The number of nitrogens with one attached hydrogen (secondary N) is 3. The Morgan fingerprint density at radius 3 is 2.12 bits per heavy atom. The molecule has 3 atom stereocenters. The van der Waals surface area contributed by atoms with E-state index in [0.29, 0.717) is 17.5 Å². The molecule has 8 nitrogen and oxygen atoms in total. The van der Waals surface area contributed by atoms with Gasteiger partial charge in [-0.3, -0.25) is 9.59 Å². The molecule has 4 aromatic rings. The molecule has 48 heavy (non-hydrogen) atoms. The van der Waals surface area contributed by atoms with E-state index in [1.807, 2.05) is 106 Å². The lowest BCUT2D eigenvalue weighted by Crippen LogP contribution is -2.55. The molecule has 4 rings (SSSR count). The van der Waals surface area contributed by atoms with Gasteiger partial charge in [0.2, 0.25) is 5.91 Å². The van der Waals surface area contributed by atoms with E-state index in [9.17, 15) is 19.5 Å². The van der Waals surface area contributed by atoms with Crippen LogP contribution in [0.25, 0.3) is 10.8 Å². The van der Waals surface area contributed by atoms with Gasteiger partial charge in [0.15, 0.2) is 0 Å². The number of alkyl carbamates (subject to hydrolysis) is 1. The van der Waals surface area contributed by atoms with E-state index >= 15 is 0 Å². The largest absolute Gasteiger partial charge is 0.444 e. The van der Waals surface area contributed by atoms with Crippen LogP contribution in [0.1, 0.15) is 63.0 Å². The summed E-state index contributed by atoms with van der Waals surface area (Å²) in [5.74, 6) is -0.461. The van der Waals surface area contributed by atoms with Crippen LogP contribution in [-0.4, -0.2) is 58.1 Å². The number of thioether (sulfide) groups is 1. The summed E-state index contributed by atoms with van der Waals surface area (Å²) in [5.41, 5.74) is 0.850. The highest BCUT2D eigenvalue weighted by Gasteiger charge is 2.30. The van der Waals surface area contributed by atoms with Crippen molar-refractivity contribution in [3.8, 4) is 0 Å². The zero-order valence-electron chi connectivity index (χ0n) is 28.6. The predicted octanol–water partition coefficient (Wildman–Crippen LogP) is 6.68. The van der Waals surface area contributed by atoms with Crippen molar-refractivity contribution in [2.45, 2.75) is 88.6 Å². The molecule has 0 spiro atoms. The lowest BCUT2D eigenvalue weighted by Gasteiger charge is -2.28. The molecular weight excluding hydrogens is 623 g/mol. The molecule has 0 bridgehead atoms. The maximum Gasteiger partial charge on any atom is 0.408 e. The molecule has 0 saturated carbocycles. The summed E-state index contributed by atoms with van der Waals surface area (Å²) < 4.78 is 5.51. The average Bonchev–Trinajstić information content (AvgIpc) is 3.01. The number of hydrogen-bond acceptors (Lipinski definition) is 6. The van der Waals surface area contributed by atoms with E-state index in [2.05, 4.69) is 16.0 Å². The van der Waals surface area contributed by atoms with Gasteiger partial charge in [-0.15, -0.1) is 11.8 Å². The normalized spacial score (nSPS) is 13.6. The SMILES string of the molecule is CC(C)(C)NC(=O)c1ccccc1C[C@@H](O)[C@H](Cc1ccccc1)NC(=O)[C@@H](CSc1cccc2ccccc12)NC(=O)OC(C)(C)C. The molecule has 0 aromatic heterocycles. The fourth-order valence-electron chi connectivity index (χ4n) is 5.26. The van der Waals surface area contributed by atoms with Gasteiger partial charge in [0.1, 0.15) is 11.6 Å². The number of amides is 3. The summed E-state index contributed by atoms with van der Waals surface area (Å²) in [6.07, 6.45) is -1.30. The van der Waals surface area contributed by atoms with Gasteiger partial charge in [0.25, 0.3) is 5.91 Å². The van der Waals surface area contributed by atoms with Crippen molar-refractivity contribution in [1.29, 1.82) is 0 Å². The van der Waals surface area contributed by atoms with Gasteiger partial charge in [-0.2, -0.15) is 0 Å². The minimum absolute atomic E-state index is 0.125. The topological polar surface area (TPSA) is 117 Å². The standard InChI is InChI=1S/C39H47N3O5S/c1-38(2,3)42-35(44)30-21-13-11-18-28(30)24-33(43)31(23-26-15-8-7-9-16-26)40-36(45)32(41-37(46)47-39(4,5)6)25-48-34-22-14-19-27-17-10-12-20-29(27)34/h7-22,31-33,43H,23-25H2,1-6H3,(H,40,45)(H,41,46)(H,42,44)/t31-,32+,33+/m0/s1. The molecule has 254 valence electrons. The lowest BCUT2D eigenvalue weighted by molar-refractivity contribution is -0.124. The Morgan fingerprint density at radius 1 is 0.771 bits per heavy atom. The first-order chi connectivity index (χ1) is 22.7. The van der Waals surface area contributed by atoms with Crippen LogP contribution in [0.3, 0.4) is 0 Å². The van der Waals surface area contributed by atoms with Crippen molar-refractivity contribution in [1.82, 2.24) is 16.0 Å². The fourth-order valence-corrected chi connectivity index (χ4v) is 6.35. The molecule has 3 amide bonds. The van der Waals surface area contributed by atoms with Crippen LogP contribution in [0.15, 0.2) is 102 Å². The van der Waals surface area contributed by atoms with Crippen molar-refractivity contribution in [2.75, 3.05) is 5.75 Å². The van der Waals surface area contributed by atoms with Crippen molar-refractivity contribution < 1.29 is 24.2 Å². The fraction of sp³-hybridized carbons (Fsp3) is 0.359. The Balaban J connectivity index is 1.59. The van der Waals surface area contributed by atoms with E-state index in [1.54, 1.807) is 32.9 Å². The second-order valence-electron chi connectivity index (χ2n) is 13.9. The van der Waals surface area contributed by atoms with E-state index in [4.69, 9.17) is 4.74 Å². The molecule has 0 aliphatic carbocycles. The summed E-state index contributed by atoms with van der Waals surface area (Å²) in [7, 11) is 0. The number of carbonyl (C=O) groups is 3.